The lowest BCUT2D eigenvalue weighted by Crippen LogP contribution is -2.15. The van der Waals surface area contributed by atoms with Gasteiger partial charge in [-0.1, -0.05) is 24.2 Å². The molecule has 0 heterocycles. The molecule has 17 heavy (non-hydrogen) atoms. The minimum Gasteiger partial charge on any atom is -0.463 e. The van der Waals surface area contributed by atoms with Crippen molar-refractivity contribution in [2.75, 3.05) is 18.5 Å². The van der Waals surface area contributed by atoms with E-state index in [9.17, 15) is 9.18 Å². The van der Waals surface area contributed by atoms with E-state index >= 15 is 0 Å². The van der Waals surface area contributed by atoms with Gasteiger partial charge in [0.1, 0.15) is 5.82 Å². The number of esters is 1. The van der Waals surface area contributed by atoms with Gasteiger partial charge in [0.2, 0.25) is 0 Å². The summed E-state index contributed by atoms with van der Waals surface area (Å²) < 4.78 is 18.1. The average Bonchev–Trinajstić information content (AvgIpc) is 2.28. The Bertz CT molecular complexity index is 414. The van der Waals surface area contributed by atoms with Crippen LogP contribution >= 0.6 is 11.6 Å². The number of carbonyl (C=O) groups is 1. The second kappa shape index (κ2) is 6.25. The number of para-hydroxylation sites is 1. The molecule has 0 bridgehead atoms. The monoisotopic (exact) mass is 257 g/mol. The third-order valence-electron chi connectivity index (χ3n) is 2.01. The topological polar surface area (TPSA) is 38.3 Å². The minimum atomic E-state index is -0.507. The Morgan fingerprint density at radius 2 is 2.29 bits per heavy atom. The fraction of sp³-hybridized carbons (Fsp3) is 0.250. The maximum atomic E-state index is 13.4. The van der Waals surface area contributed by atoms with Crippen molar-refractivity contribution in [3.63, 3.8) is 0 Å². The van der Waals surface area contributed by atoms with E-state index < -0.39 is 11.8 Å². The van der Waals surface area contributed by atoms with E-state index in [1.807, 2.05) is 0 Å². The molecule has 0 unspecified atom stereocenters. The van der Waals surface area contributed by atoms with Crippen LogP contribution in [0.4, 0.5) is 10.1 Å². The van der Waals surface area contributed by atoms with Gasteiger partial charge in [-0.2, -0.15) is 0 Å². The maximum Gasteiger partial charge on any atom is 0.335 e. The highest BCUT2D eigenvalue weighted by molar-refractivity contribution is 6.33. The van der Waals surface area contributed by atoms with Gasteiger partial charge in [-0.15, -0.1) is 0 Å². The van der Waals surface area contributed by atoms with Crippen molar-refractivity contribution in [2.24, 2.45) is 0 Å². The molecule has 1 aromatic carbocycles. The second-order valence-corrected chi connectivity index (χ2v) is 3.68. The first-order valence-electron chi connectivity index (χ1n) is 5.09. The highest BCUT2D eigenvalue weighted by Crippen LogP contribution is 2.24. The third kappa shape index (κ3) is 3.75. The van der Waals surface area contributed by atoms with Crippen LogP contribution in [0.15, 0.2) is 30.4 Å². The van der Waals surface area contributed by atoms with E-state index in [2.05, 4.69) is 11.9 Å². The Morgan fingerprint density at radius 3 is 2.88 bits per heavy atom. The van der Waals surface area contributed by atoms with Crippen LogP contribution in [0.1, 0.15) is 6.92 Å². The molecular formula is C12H13ClFNO2. The van der Waals surface area contributed by atoms with Crippen LogP contribution in [0.25, 0.3) is 0 Å². The molecule has 0 aliphatic carbocycles. The van der Waals surface area contributed by atoms with Crippen molar-refractivity contribution >= 4 is 23.3 Å². The van der Waals surface area contributed by atoms with E-state index in [-0.39, 0.29) is 29.4 Å². The predicted octanol–water partition coefficient (Wildman–Crippen LogP) is 3.01. The molecule has 0 aliphatic heterocycles. The van der Waals surface area contributed by atoms with Gasteiger partial charge in [-0.25, -0.2) is 9.18 Å². The molecule has 0 saturated carbocycles. The number of nitrogens with one attached hydrogen (secondary N) is 1. The lowest BCUT2D eigenvalue weighted by atomic mass is 10.2. The number of benzene rings is 1. The highest BCUT2D eigenvalue weighted by atomic mass is 35.5. The van der Waals surface area contributed by atoms with Crippen molar-refractivity contribution in [3.8, 4) is 0 Å². The Balaban J connectivity index is 2.62. The van der Waals surface area contributed by atoms with Gasteiger partial charge in [0.05, 0.1) is 17.3 Å². The molecule has 1 rings (SSSR count). The summed E-state index contributed by atoms with van der Waals surface area (Å²) in [5.74, 6) is -0.985. The van der Waals surface area contributed by atoms with Crippen molar-refractivity contribution in [2.45, 2.75) is 6.92 Å². The summed E-state index contributed by atoms with van der Waals surface area (Å²) in [6.45, 7) is 5.60. The third-order valence-corrected chi connectivity index (χ3v) is 2.32. The van der Waals surface area contributed by atoms with Gasteiger partial charge in [0.25, 0.3) is 0 Å². The normalized spacial score (nSPS) is 9.82. The standard InChI is InChI=1S/C12H13ClFNO2/c1-3-17-12(16)8(2)7-15-11-9(13)5-4-6-10(11)14/h4-6,15H,2-3,7H2,1H3. The van der Waals surface area contributed by atoms with Gasteiger partial charge < -0.3 is 10.1 Å². The molecule has 3 nitrogen and oxygen atoms in total. The van der Waals surface area contributed by atoms with Crippen LogP contribution in [0.3, 0.4) is 0 Å². The first-order valence-corrected chi connectivity index (χ1v) is 5.46. The molecule has 1 aromatic rings. The number of hydrogen-bond donors (Lipinski definition) is 1. The zero-order valence-electron chi connectivity index (χ0n) is 9.43. The quantitative estimate of drug-likeness (QED) is 0.651. The van der Waals surface area contributed by atoms with Crippen LogP contribution in [0.5, 0.6) is 0 Å². The molecule has 1 N–H and O–H groups in total. The van der Waals surface area contributed by atoms with Gasteiger partial charge in [-0.05, 0) is 19.1 Å². The lowest BCUT2D eigenvalue weighted by molar-refractivity contribution is -0.138. The first-order chi connectivity index (χ1) is 8.06. The molecule has 5 heteroatoms. The summed E-state index contributed by atoms with van der Waals surface area (Å²) in [5, 5.41) is 2.96. The molecule has 0 spiro atoms. The Labute approximate surface area is 104 Å². The van der Waals surface area contributed by atoms with Crippen molar-refractivity contribution in [1.82, 2.24) is 0 Å². The van der Waals surface area contributed by atoms with Crippen molar-refractivity contribution < 1.29 is 13.9 Å². The maximum absolute atomic E-state index is 13.4. The summed E-state index contributed by atoms with van der Waals surface area (Å²) in [7, 11) is 0. The molecule has 0 aromatic heterocycles. The first kappa shape index (κ1) is 13.5. The number of rotatable bonds is 5. The number of hydrogen-bond acceptors (Lipinski definition) is 3. The summed E-state index contributed by atoms with van der Waals surface area (Å²) >= 11 is 5.81. The molecular weight excluding hydrogens is 245 g/mol. The van der Waals surface area contributed by atoms with Gasteiger partial charge in [-0.3, -0.25) is 0 Å². The van der Waals surface area contributed by atoms with E-state index in [1.165, 1.54) is 12.1 Å². The number of carbonyl (C=O) groups excluding carboxylic acids is 1. The Hall–Kier alpha value is -1.55. The van der Waals surface area contributed by atoms with Crippen molar-refractivity contribution in [3.05, 3.63) is 41.2 Å². The van der Waals surface area contributed by atoms with E-state index in [1.54, 1.807) is 13.0 Å². The van der Waals surface area contributed by atoms with Gasteiger partial charge >= 0.3 is 5.97 Å². The summed E-state index contributed by atoms with van der Waals surface area (Å²) in [4.78, 5) is 11.2. The molecule has 0 atom stereocenters. The fourth-order valence-corrected chi connectivity index (χ4v) is 1.40. The Morgan fingerprint density at radius 1 is 1.59 bits per heavy atom. The molecule has 92 valence electrons. The van der Waals surface area contributed by atoms with Crippen molar-refractivity contribution in [1.29, 1.82) is 0 Å². The summed E-state index contributed by atoms with van der Waals surface area (Å²) in [6, 6.07) is 4.34. The van der Waals surface area contributed by atoms with E-state index in [0.717, 1.165) is 0 Å². The van der Waals surface area contributed by atoms with Gasteiger partial charge in [0, 0.05) is 12.1 Å². The molecule has 0 fully saturated rings. The summed E-state index contributed by atoms with van der Waals surface area (Å²) in [5.41, 5.74) is 0.366. The number of ether oxygens (including phenoxy) is 1. The lowest BCUT2D eigenvalue weighted by Gasteiger charge is -2.10. The number of anilines is 1. The SMILES string of the molecule is C=C(CNc1c(F)cccc1Cl)C(=O)OCC. The van der Waals surface area contributed by atoms with E-state index in [0.29, 0.717) is 0 Å². The summed E-state index contributed by atoms with van der Waals surface area (Å²) in [6.07, 6.45) is 0. The zero-order chi connectivity index (χ0) is 12.8. The van der Waals surface area contributed by atoms with Crippen LogP contribution in [0.2, 0.25) is 5.02 Å². The Kier molecular flexibility index (Phi) is 4.97. The second-order valence-electron chi connectivity index (χ2n) is 3.27. The molecule has 0 radical (unpaired) electrons. The molecule has 0 aliphatic rings. The average molecular weight is 258 g/mol. The largest absolute Gasteiger partial charge is 0.463 e. The number of halogens is 2. The van der Waals surface area contributed by atoms with Crippen LogP contribution in [-0.4, -0.2) is 19.1 Å². The van der Waals surface area contributed by atoms with Gasteiger partial charge in [0.15, 0.2) is 0 Å². The van der Waals surface area contributed by atoms with Crippen LogP contribution < -0.4 is 5.32 Å². The molecule has 0 saturated heterocycles. The highest BCUT2D eigenvalue weighted by Gasteiger charge is 2.10. The van der Waals surface area contributed by atoms with Crippen LogP contribution in [0, 0.1) is 5.82 Å². The minimum absolute atomic E-state index is 0.0828. The smallest absolute Gasteiger partial charge is 0.335 e. The molecule has 0 amide bonds. The van der Waals surface area contributed by atoms with Crippen LogP contribution in [-0.2, 0) is 9.53 Å². The van der Waals surface area contributed by atoms with E-state index in [4.69, 9.17) is 16.3 Å². The fourth-order valence-electron chi connectivity index (χ4n) is 1.17. The predicted molar refractivity (Wildman–Crippen MR) is 65.7 cm³/mol. The zero-order valence-corrected chi connectivity index (χ0v) is 10.2.